The maximum Gasteiger partial charge on any atom is 0.249 e. The second kappa shape index (κ2) is 8.63. The Hall–Kier alpha value is -4.24. The van der Waals surface area contributed by atoms with E-state index in [0.717, 1.165) is 16.9 Å². The van der Waals surface area contributed by atoms with E-state index in [4.69, 9.17) is 5.26 Å². The van der Waals surface area contributed by atoms with Gasteiger partial charge in [0.25, 0.3) is 0 Å². The van der Waals surface area contributed by atoms with Gasteiger partial charge in [-0.15, -0.1) is 5.10 Å². The van der Waals surface area contributed by atoms with Crippen LogP contribution in [0.25, 0.3) is 0 Å². The van der Waals surface area contributed by atoms with Crippen molar-refractivity contribution in [3.05, 3.63) is 102 Å². The molecule has 0 saturated heterocycles. The first kappa shape index (κ1) is 18.1. The van der Waals surface area contributed by atoms with Crippen molar-refractivity contribution in [2.45, 2.75) is 6.54 Å². The van der Waals surface area contributed by atoms with Crippen LogP contribution in [-0.2, 0) is 6.54 Å². The van der Waals surface area contributed by atoms with Crippen LogP contribution >= 0.6 is 0 Å². The molecule has 1 heterocycles. The molecule has 6 heteroatoms. The minimum atomic E-state index is 0.367. The van der Waals surface area contributed by atoms with Crippen molar-refractivity contribution < 1.29 is 0 Å². The number of aromatic nitrogens is 3. The Labute approximate surface area is 169 Å². The third-order valence-corrected chi connectivity index (χ3v) is 4.32. The zero-order chi connectivity index (χ0) is 19.9. The summed E-state index contributed by atoms with van der Waals surface area (Å²) >= 11 is 0. The van der Waals surface area contributed by atoms with Gasteiger partial charge in [-0.05, 0) is 35.9 Å². The molecule has 0 fully saturated rings. The van der Waals surface area contributed by atoms with Gasteiger partial charge in [-0.1, -0.05) is 54.6 Å². The lowest BCUT2D eigenvalue weighted by molar-refractivity contribution is 0.900. The topological polar surface area (TPSA) is 77.7 Å². The molecule has 0 spiro atoms. The van der Waals surface area contributed by atoms with Crippen molar-refractivity contribution in [1.82, 2.24) is 15.2 Å². The number of nitriles is 1. The zero-order valence-electron chi connectivity index (χ0n) is 15.6. The van der Waals surface area contributed by atoms with E-state index in [1.807, 2.05) is 60.7 Å². The summed E-state index contributed by atoms with van der Waals surface area (Å²) in [6.45, 7) is 0.646. The number of para-hydroxylation sites is 1. The first-order valence-electron chi connectivity index (χ1n) is 9.15. The number of hydrogen-bond donors (Lipinski definition) is 1. The molecule has 0 bridgehead atoms. The monoisotopic (exact) mass is 378 g/mol. The molecular formula is C23H18N6. The molecule has 0 radical (unpaired) electrons. The van der Waals surface area contributed by atoms with Crippen molar-refractivity contribution in [3.8, 4) is 6.07 Å². The van der Waals surface area contributed by atoms with Crippen LogP contribution in [0.4, 0.5) is 23.1 Å². The molecule has 0 aliphatic heterocycles. The third kappa shape index (κ3) is 4.54. The quantitative estimate of drug-likeness (QED) is 0.518. The summed E-state index contributed by atoms with van der Waals surface area (Å²) in [5, 5.41) is 20.4. The minimum Gasteiger partial charge on any atom is -0.323 e. The highest BCUT2D eigenvalue weighted by molar-refractivity contribution is 5.62. The van der Waals surface area contributed by atoms with Crippen LogP contribution in [-0.4, -0.2) is 15.2 Å². The molecule has 0 saturated carbocycles. The van der Waals surface area contributed by atoms with Gasteiger partial charge in [-0.3, -0.25) is 0 Å². The molecular weight excluding hydrogens is 360 g/mol. The van der Waals surface area contributed by atoms with Crippen LogP contribution in [0.1, 0.15) is 11.1 Å². The van der Waals surface area contributed by atoms with E-state index in [1.165, 1.54) is 0 Å². The number of benzene rings is 3. The Kier molecular flexibility index (Phi) is 5.40. The zero-order valence-corrected chi connectivity index (χ0v) is 15.6. The average molecular weight is 378 g/mol. The predicted molar refractivity (Wildman–Crippen MR) is 113 cm³/mol. The molecule has 0 aliphatic carbocycles. The fourth-order valence-electron chi connectivity index (χ4n) is 2.95. The normalized spacial score (nSPS) is 10.2. The van der Waals surface area contributed by atoms with Gasteiger partial charge in [-0.25, -0.2) is 0 Å². The Morgan fingerprint density at radius 1 is 0.897 bits per heavy atom. The van der Waals surface area contributed by atoms with Crippen molar-refractivity contribution in [2.75, 3.05) is 10.2 Å². The molecule has 4 aromatic rings. The van der Waals surface area contributed by atoms with Crippen LogP contribution in [0, 0.1) is 11.3 Å². The van der Waals surface area contributed by atoms with Gasteiger partial charge in [0.2, 0.25) is 5.95 Å². The SMILES string of the molecule is N#Cc1cccc(Nc2nncc(N(Cc3ccccc3)c3ccccc3)n2)c1. The molecule has 1 N–H and O–H groups in total. The van der Waals surface area contributed by atoms with Crippen molar-refractivity contribution in [3.63, 3.8) is 0 Å². The fourth-order valence-corrected chi connectivity index (χ4v) is 2.95. The van der Waals surface area contributed by atoms with Crippen LogP contribution in [0.15, 0.2) is 91.1 Å². The van der Waals surface area contributed by atoms with Crippen molar-refractivity contribution in [2.24, 2.45) is 0 Å². The lowest BCUT2D eigenvalue weighted by Gasteiger charge is -2.24. The summed E-state index contributed by atoms with van der Waals surface area (Å²) in [6, 6.07) is 29.5. The Balaban J connectivity index is 1.66. The number of nitrogens with one attached hydrogen (secondary N) is 1. The molecule has 0 atom stereocenters. The second-order valence-electron chi connectivity index (χ2n) is 6.36. The number of hydrogen-bond acceptors (Lipinski definition) is 6. The van der Waals surface area contributed by atoms with E-state index in [-0.39, 0.29) is 0 Å². The van der Waals surface area contributed by atoms with Crippen LogP contribution in [0.2, 0.25) is 0 Å². The van der Waals surface area contributed by atoms with Gasteiger partial charge < -0.3 is 10.2 Å². The molecule has 4 rings (SSSR count). The van der Waals surface area contributed by atoms with Crippen molar-refractivity contribution in [1.29, 1.82) is 5.26 Å². The lowest BCUT2D eigenvalue weighted by Crippen LogP contribution is -2.18. The van der Waals surface area contributed by atoms with Gasteiger partial charge in [0.05, 0.1) is 17.8 Å². The largest absolute Gasteiger partial charge is 0.323 e. The Morgan fingerprint density at radius 3 is 2.41 bits per heavy atom. The van der Waals surface area contributed by atoms with E-state index in [1.54, 1.807) is 18.3 Å². The molecule has 140 valence electrons. The molecule has 29 heavy (non-hydrogen) atoms. The second-order valence-corrected chi connectivity index (χ2v) is 6.36. The first-order valence-corrected chi connectivity index (χ1v) is 9.15. The highest BCUT2D eigenvalue weighted by atomic mass is 15.3. The summed E-state index contributed by atoms with van der Waals surface area (Å²) in [5.74, 6) is 1.04. The van der Waals surface area contributed by atoms with E-state index >= 15 is 0 Å². The molecule has 0 unspecified atom stereocenters. The summed E-state index contributed by atoms with van der Waals surface area (Å²) in [6.07, 6.45) is 1.65. The molecule has 0 amide bonds. The van der Waals surface area contributed by atoms with E-state index in [0.29, 0.717) is 23.9 Å². The molecule has 0 aliphatic rings. The Morgan fingerprint density at radius 2 is 1.66 bits per heavy atom. The summed E-state index contributed by atoms with van der Waals surface area (Å²) < 4.78 is 0. The van der Waals surface area contributed by atoms with Gasteiger partial charge in [0.1, 0.15) is 0 Å². The predicted octanol–water partition coefficient (Wildman–Crippen LogP) is 4.83. The van der Waals surface area contributed by atoms with Crippen LogP contribution in [0.3, 0.4) is 0 Å². The minimum absolute atomic E-state index is 0.367. The first-order chi connectivity index (χ1) is 14.3. The van der Waals surface area contributed by atoms with Gasteiger partial charge >= 0.3 is 0 Å². The highest BCUT2D eigenvalue weighted by Gasteiger charge is 2.13. The molecule has 3 aromatic carbocycles. The molecule has 1 aromatic heterocycles. The van der Waals surface area contributed by atoms with Crippen molar-refractivity contribution >= 4 is 23.1 Å². The van der Waals surface area contributed by atoms with Gasteiger partial charge in [0.15, 0.2) is 5.82 Å². The lowest BCUT2D eigenvalue weighted by atomic mass is 10.2. The number of rotatable bonds is 6. The summed E-state index contributed by atoms with van der Waals surface area (Å²) in [5.41, 5.74) is 3.46. The van der Waals surface area contributed by atoms with Crippen LogP contribution in [0.5, 0.6) is 0 Å². The van der Waals surface area contributed by atoms with E-state index in [9.17, 15) is 0 Å². The van der Waals surface area contributed by atoms with Crippen LogP contribution < -0.4 is 10.2 Å². The summed E-state index contributed by atoms with van der Waals surface area (Å²) in [7, 11) is 0. The van der Waals surface area contributed by atoms with E-state index in [2.05, 4.69) is 43.6 Å². The summed E-state index contributed by atoms with van der Waals surface area (Å²) in [4.78, 5) is 6.74. The third-order valence-electron chi connectivity index (χ3n) is 4.32. The van der Waals surface area contributed by atoms with Gasteiger partial charge in [0, 0.05) is 17.9 Å². The number of anilines is 4. The maximum atomic E-state index is 9.08. The average Bonchev–Trinajstić information content (AvgIpc) is 2.79. The number of nitrogens with zero attached hydrogens (tertiary/aromatic N) is 5. The highest BCUT2D eigenvalue weighted by Crippen LogP contribution is 2.26. The fraction of sp³-hybridized carbons (Fsp3) is 0.0435. The van der Waals surface area contributed by atoms with E-state index < -0.39 is 0 Å². The van der Waals surface area contributed by atoms with Gasteiger partial charge in [-0.2, -0.15) is 15.3 Å². The molecule has 6 nitrogen and oxygen atoms in total. The maximum absolute atomic E-state index is 9.08. The standard InChI is InChI=1S/C23H18N6/c24-15-19-10-7-11-20(14-19)26-23-27-22(16-25-28-23)29(21-12-5-2-6-13-21)17-18-8-3-1-4-9-18/h1-14,16H,17H2,(H,26,27,28). The smallest absolute Gasteiger partial charge is 0.249 e. The Bertz CT molecular complexity index is 1120.